The van der Waals surface area contributed by atoms with Gasteiger partial charge in [-0.15, -0.1) is 0 Å². The number of amides is 3. The molecule has 0 bridgehead atoms. The van der Waals surface area contributed by atoms with Gasteiger partial charge in [0.1, 0.15) is 23.0 Å². The van der Waals surface area contributed by atoms with E-state index in [1.807, 2.05) is 0 Å². The molecule has 0 saturated heterocycles. The van der Waals surface area contributed by atoms with Gasteiger partial charge >= 0.3 is 12.2 Å². The van der Waals surface area contributed by atoms with Crippen LogP contribution in [0.3, 0.4) is 0 Å². The summed E-state index contributed by atoms with van der Waals surface area (Å²) in [5.41, 5.74) is 0.289. The summed E-state index contributed by atoms with van der Waals surface area (Å²) in [6.07, 6.45) is -2.37. The molecule has 3 rings (SSSR count). The molecule has 0 atom stereocenters. The van der Waals surface area contributed by atoms with Crippen molar-refractivity contribution in [1.29, 1.82) is 0 Å². The molecular formula is C22H20F3N5O3. The Balaban J connectivity index is 1.54. The molecule has 0 spiro atoms. The van der Waals surface area contributed by atoms with Crippen molar-refractivity contribution in [1.82, 2.24) is 20.6 Å². The van der Waals surface area contributed by atoms with E-state index in [9.17, 15) is 22.8 Å². The molecule has 11 heteroatoms. The summed E-state index contributed by atoms with van der Waals surface area (Å²) in [7, 11) is 1.51. The van der Waals surface area contributed by atoms with Gasteiger partial charge in [-0.3, -0.25) is 15.1 Å². The van der Waals surface area contributed by atoms with E-state index in [4.69, 9.17) is 4.74 Å². The van der Waals surface area contributed by atoms with E-state index in [1.165, 1.54) is 26.2 Å². The molecule has 3 aromatic rings. The van der Waals surface area contributed by atoms with Crippen molar-refractivity contribution in [3.63, 3.8) is 0 Å². The predicted octanol–water partition coefficient (Wildman–Crippen LogP) is 4.28. The number of aryl methyl sites for hydroxylation is 1. The number of carbonyl (C=O) groups is 2. The van der Waals surface area contributed by atoms with Crippen LogP contribution in [0.2, 0.25) is 0 Å². The minimum absolute atomic E-state index is 0.0396. The summed E-state index contributed by atoms with van der Waals surface area (Å²) < 4.78 is 43.9. The Morgan fingerprint density at radius 2 is 1.76 bits per heavy atom. The normalized spacial score (nSPS) is 10.9. The molecule has 0 fully saturated rings. The Morgan fingerprint density at radius 1 is 1.03 bits per heavy atom. The van der Waals surface area contributed by atoms with Crippen molar-refractivity contribution in [2.75, 3.05) is 12.4 Å². The molecule has 0 aliphatic rings. The van der Waals surface area contributed by atoms with Gasteiger partial charge in [0, 0.05) is 32.1 Å². The van der Waals surface area contributed by atoms with Gasteiger partial charge < -0.3 is 15.4 Å². The lowest BCUT2D eigenvalue weighted by Crippen LogP contribution is -2.29. The molecule has 0 aliphatic carbocycles. The van der Waals surface area contributed by atoms with Crippen LogP contribution in [-0.4, -0.2) is 29.0 Å². The van der Waals surface area contributed by atoms with E-state index in [0.29, 0.717) is 17.7 Å². The first-order valence-electron chi connectivity index (χ1n) is 9.69. The number of anilines is 1. The Kier molecular flexibility index (Phi) is 7.11. The number of halogens is 3. The number of urea groups is 1. The first kappa shape index (κ1) is 23.5. The summed E-state index contributed by atoms with van der Waals surface area (Å²) in [4.78, 5) is 31.4. The van der Waals surface area contributed by atoms with Crippen LogP contribution in [-0.2, 0) is 12.7 Å². The van der Waals surface area contributed by atoms with E-state index in [1.54, 1.807) is 30.3 Å². The molecule has 172 valence electrons. The number of carbonyl (C=O) groups excluding carboxylic acids is 2. The van der Waals surface area contributed by atoms with Crippen LogP contribution in [0.25, 0.3) is 0 Å². The second-order valence-corrected chi connectivity index (χ2v) is 6.90. The average Bonchev–Trinajstić information content (AvgIpc) is 2.79. The smallest absolute Gasteiger partial charge is 0.417 e. The largest absolute Gasteiger partial charge is 0.457 e. The topological polar surface area (TPSA) is 105 Å². The Labute approximate surface area is 187 Å². The SMILES string of the molecule is CNC(=O)c1cc(Oc2ccc(CNC(=O)Nc3ncc(C(F)(F)F)cc3C)cc2)ccn1. The van der Waals surface area contributed by atoms with E-state index >= 15 is 0 Å². The van der Waals surface area contributed by atoms with Gasteiger partial charge in [-0.1, -0.05) is 12.1 Å². The fourth-order valence-electron chi connectivity index (χ4n) is 2.73. The lowest BCUT2D eigenvalue weighted by atomic mass is 10.2. The van der Waals surface area contributed by atoms with Crippen molar-refractivity contribution < 1.29 is 27.5 Å². The van der Waals surface area contributed by atoms with Gasteiger partial charge in [0.15, 0.2) is 0 Å². The van der Waals surface area contributed by atoms with Gasteiger partial charge in [0.25, 0.3) is 5.91 Å². The highest BCUT2D eigenvalue weighted by Crippen LogP contribution is 2.30. The molecule has 0 saturated carbocycles. The second kappa shape index (κ2) is 9.98. The zero-order chi connectivity index (χ0) is 24.0. The van der Waals surface area contributed by atoms with Crippen LogP contribution in [0, 0.1) is 6.92 Å². The quantitative estimate of drug-likeness (QED) is 0.510. The molecule has 1 aromatic carbocycles. The molecule has 0 unspecified atom stereocenters. The van der Waals surface area contributed by atoms with Crippen LogP contribution in [0.15, 0.2) is 54.9 Å². The number of nitrogens with zero attached hydrogens (tertiary/aromatic N) is 2. The highest BCUT2D eigenvalue weighted by Gasteiger charge is 2.31. The number of benzene rings is 1. The number of ether oxygens (including phenoxy) is 1. The number of aromatic nitrogens is 2. The third-order valence-corrected chi connectivity index (χ3v) is 4.44. The molecule has 8 nitrogen and oxygen atoms in total. The molecule has 2 aromatic heterocycles. The monoisotopic (exact) mass is 459 g/mol. The minimum Gasteiger partial charge on any atom is -0.457 e. The Hall–Kier alpha value is -4.15. The first-order chi connectivity index (χ1) is 15.7. The molecular weight excluding hydrogens is 439 g/mol. The average molecular weight is 459 g/mol. The standard InChI is InChI=1S/C22H20F3N5O3/c1-13-9-15(22(23,24)25)12-28-19(13)30-21(32)29-11-14-3-5-16(6-4-14)33-17-7-8-27-18(10-17)20(31)26-2/h3-10,12H,11H2,1-2H3,(H,26,31)(H2,28,29,30,32). The predicted molar refractivity (Wildman–Crippen MR) is 114 cm³/mol. The van der Waals surface area contributed by atoms with E-state index in [0.717, 1.165) is 11.6 Å². The van der Waals surface area contributed by atoms with E-state index < -0.39 is 17.8 Å². The molecule has 0 radical (unpaired) electrons. The van der Waals surface area contributed by atoms with Crippen molar-refractivity contribution in [3.8, 4) is 11.5 Å². The highest BCUT2D eigenvalue weighted by atomic mass is 19.4. The molecule has 2 heterocycles. The maximum absolute atomic E-state index is 12.7. The number of pyridine rings is 2. The number of nitrogens with one attached hydrogen (secondary N) is 3. The summed E-state index contributed by atoms with van der Waals surface area (Å²) in [5.74, 6) is 0.662. The molecule has 33 heavy (non-hydrogen) atoms. The van der Waals surface area contributed by atoms with Crippen LogP contribution >= 0.6 is 0 Å². The lowest BCUT2D eigenvalue weighted by Gasteiger charge is -2.12. The fraction of sp³-hybridized carbons (Fsp3) is 0.182. The summed E-state index contributed by atoms with van der Waals surface area (Å²) >= 11 is 0. The van der Waals surface area contributed by atoms with E-state index in [-0.39, 0.29) is 29.5 Å². The first-order valence-corrected chi connectivity index (χ1v) is 9.69. The van der Waals surface area contributed by atoms with Crippen molar-refractivity contribution in [2.45, 2.75) is 19.6 Å². The molecule has 0 aliphatic heterocycles. The lowest BCUT2D eigenvalue weighted by molar-refractivity contribution is -0.137. The van der Waals surface area contributed by atoms with Crippen molar-refractivity contribution >= 4 is 17.8 Å². The molecule has 3 amide bonds. The van der Waals surface area contributed by atoms with Crippen LogP contribution in [0.5, 0.6) is 11.5 Å². The van der Waals surface area contributed by atoms with Crippen LogP contribution < -0.4 is 20.7 Å². The maximum Gasteiger partial charge on any atom is 0.417 e. The van der Waals surface area contributed by atoms with Gasteiger partial charge in [0.2, 0.25) is 0 Å². The van der Waals surface area contributed by atoms with Gasteiger partial charge in [-0.25, -0.2) is 9.78 Å². The number of hydrogen-bond acceptors (Lipinski definition) is 5. The van der Waals surface area contributed by atoms with Gasteiger partial charge in [0.05, 0.1) is 5.56 Å². The third-order valence-electron chi connectivity index (χ3n) is 4.44. The summed E-state index contributed by atoms with van der Waals surface area (Å²) in [6, 6.07) is 10.3. The highest BCUT2D eigenvalue weighted by molar-refractivity contribution is 5.92. The number of rotatable bonds is 6. The summed E-state index contributed by atoms with van der Waals surface area (Å²) in [5, 5.41) is 7.52. The number of hydrogen-bond donors (Lipinski definition) is 3. The second-order valence-electron chi connectivity index (χ2n) is 6.90. The van der Waals surface area contributed by atoms with Crippen LogP contribution in [0.1, 0.15) is 27.2 Å². The zero-order valence-electron chi connectivity index (χ0n) is 17.7. The van der Waals surface area contributed by atoms with Gasteiger partial charge in [-0.2, -0.15) is 13.2 Å². The number of alkyl halides is 3. The fourth-order valence-corrected chi connectivity index (χ4v) is 2.73. The third kappa shape index (κ3) is 6.42. The summed E-state index contributed by atoms with van der Waals surface area (Å²) in [6.45, 7) is 1.60. The maximum atomic E-state index is 12.7. The minimum atomic E-state index is -4.50. The van der Waals surface area contributed by atoms with Crippen LogP contribution in [0.4, 0.5) is 23.8 Å². The Morgan fingerprint density at radius 3 is 2.39 bits per heavy atom. The van der Waals surface area contributed by atoms with Crippen molar-refractivity contribution in [2.24, 2.45) is 0 Å². The van der Waals surface area contributed by atoms with Gasteiger partial charge in [-0.05, 0) is 42.3 Å². The zero-order valence-corrected chi connectivity index (χ0v) is 17.7. The molecule has 3 N–H and O–H groups in total. The van der Waals surface area contributed by atoms with E-state index in [2.05, 4.69) is 25.9 Å². The van der Waals surface area contributed by atoms with Crippen molar-refractivity contribution in [3.05, 3.63) is 77.2 Å². The Bertz CT molecular complexity index is 1150.